The van der Waals surface area contributed by atoms with Crippen molar-refractivity contribution in [1.29, 1.82) is 0 Å². The summed E-state index contributed by atoms with van der Waals surface area (Å²) in [7, 11) is 0. The molecule has 0 radical (unpaired) electrons. The van der Waals surface area contributed by atoms with Gasteiger partial charge in [0.25, 0.3) is 0 Å². The van der Waals surface area contributed by atoms with E-state index in [2.05, 4.69) is 44.8 Å². The highest BCUT2D eigenvalue weighted by molar-refractivity contribution is 5.00. The zero-order valence-electron chi connectivity index (χ0n) is 13.0. The second-order valence-corrected chi connectivity index (χ2v) is 5.96. The maximum absolute atomic E-state index is 5.51. The van der Waals surface area contributed by atoms with Crippen molar-refractivity contribution in [1.82, 2.24) is 10.2 Å². The molecule has 0 aliphatic heterocycles. The molecular formula is C15H32N2O. The Balaban J connectivity index is 2.60. The number of hydrogen-bond acceptors (Lipinski definition) is 3. The number of likely N-dealkylation sites (N-methyl/N-ethyl adjacent to an activating group) is 2. The molecule has 1 N–H and O–H groups in total. The van der Waals surface area contributed by atoms with Gasteiger partial charge in [-0.2, -0.15) is 0 Å². The molecule has 1 aliphatic rings. The monoisotopic (exact) mass is 256 g/mol. The van der Waals surface area contributed by atoms with Crippen molar-refractivity contribution in [2.45, 2.75) is 59.5 Å². The summed E-state index contributed by atoms with van der Waals surface area (Å²) in [6, 6.07) is 1.29. The van der Waals surface area contributed by atoms with E-state index in [1.807, 2.05) is 0 Å². The Morgan fingerprint density at radius 1 is 1.28 bits per heavy atom. The minimum atomic E-state index is 0.416. The third-order valence-electron chi connectivity index (χ3n) is 4.34. The number of ether oxygens (including phenoxy) is 1. The first-order chi connectivity index (χ1) is 8.56. The number of nitrogens with one attached hydrogen (secondary N) is 1. The Kier molecular flexibility index (Phi) is 6.61. The highest BCUT2D eigenvalue weighted by Gasteiger charge is 2.43. The molecule has 0 aromatic carbocycles. The summed E-state index contributed by atoms with van der Waals surface area (Å²) in [5.74, 6) is 0. The molecule has 3 nitrogen and oxygen atoms in total. The van der Waals surface area contributed by atoms with E-state index in [1.165, 1.54) is 12.8 Å². The average molecular weight is 256 g/mol. The van der Waals surface area contributed by atoms with Crippen LogP contribution in [0.25, 0.3) is 0 Å². The molecule has 0 spiro atoms. The molecule has 0 saturated heterocycles. The molecule has 108 valence electrons. The van der Waals surface area contributed by atoms with Crippen molar-refractivity contribution in [2.75, 3.05) is 32.8 Å². The molecule has 1 rings (SSSR count). The van der Waals surface area contributed by atoms with Crippen LogP contribution in [0.3, 0.4) is 0 Å². The number of nitrogens with zero attached hydrogens (tertiary/aromatic N) is 1. The average Bonchev–Trinajstić information content (AvgIpc) is 2.62. The van der Waals surface area contributed by atoms with Gasteiger partial charge in [0.1, 0.15) is 0 Å². The first-order valence-electron chi connectivity index (χ1n) is 7.62. The van der Waals surface area contributed by atoms with Crippen LogP contribution < -0.4 is 5.32 Å². The van der Waals surface area contributed by atoms with Gasteiger partial charge in [0, 0.05) is 25.2 Å². The van der Waals surface area contributed by atoms with Crippen molar-refractivity contribution in [3.05, 3.63) is 0 Å². The molecule has 1 fully saturated rings. The SMILES string of the molecule is CCNC1C(N(CC)CCOCC)CCC1(C)C. The molecule has 0 bridgehead atoms. The standard InChI is InChI=1S/C15H32N2O/c1-6-16-14-13(9-10-15(14,4)5)17(7-2)11-12-18-8-3/h13-14,16H,6-12H2,1-5H3. The van der Waals surface area contributed by atoms with Crippen LogP contribution >= 0.6 is 0 Å². The molecule has 1 saturated carbocycles. The summed E-state index contributed by atoms with van der Waals surface area (Å²) in [5, 5.41) is 3.71. The highest BCUT2D eigenvalue weighted by Crippen LogP contribution is 2.39. The van der Waals surface area contributed by atoms with Crippen molar-refractivity contribution in [3.8, 4) is 0 Å². The van der Waals surface area contributed by atoms with Crippen LogP contribution in [0.2, 0.25) is 0 Å². The van der Waals surface area contributed by atoms with Crippen LogP contribution in [-0.4, -0.2) is 49.8 Å². The van der Waals surface area contributed by atoms with E-state index < -0.39 is 0 Å². The normalized spacial score (nSPS) is 27.0. The third kappa shape index (κ3) is 3.94. The molecule has 3 heteroatoms. The summed E-state index contributed by atoms with van der Waals surface area (Å²) in [6.45, 7) is 16.3. The van der Waals surface area contributed by atoms with Gasteiger partial charge in [0.15, 0.2) is 0 Å². The van der Waals surface area contributed by atoms with Crippen molar-refractivity contribution in [3.63, 3.8) is 0 Å². The predicted octanol–water partition coefficient (Wildman–Crippen LogP) is 2.51. The van der Waals surface area contributed by atoms with E-state index in [0.717, 1.165) is 32.8 Å². The lowest BCUT2D eigenvalue weighted by molar-refractivity contribution is 0.0837. The molecule has 0 amide bonds. The summed E-state index contributed by atoms with van der Waals surface area (Å²) in [6.07, 6.45) is 2.63. The van der Waals surface area contributed by atoms with E-state index >= 15 is 0 Å². The number of rotatable bonds is 8. The summed E-state index contributed by atoms with van der Waals surface area (Å²) in [4.78, 5) is 2.59. The Morgan fingerprint density at radius 3 is 2.56 bits per heavy atom. The van der Waals surface area contributed by atoms with Crippen LogP contribution in [-0.2, 0) is 4.74 Å². The van der Waals surface area contributed by atoms with Gasteiger partial charge in [0.2, 0.25) is 0 Å². The molecular weight excluding hydrogens is 224 g/mol. The van der Waals surface area contributed by atoms with Gasteiger partial charge in [-0.05, 0) is 38.3 Å². The lowest BCUT2D eigenvalue weighted by Gasteiger charge is -2.37. The zero-order valence-corrected chi connectivity index (χ0v) is 13.0. The van der Waals surface area contributed by atoms with Gasteiger partial charge >= 0.3 is 0 Å². The maximum atomic E-state index is 5.51. The minimum Gasteiger partial charge on any atom is -0.380 e. The van der Waals surface area contributed by atoms with Gasteiger partial charge in [-0.25, -0.2) is 0 Å². The summed E-state index contributed by atoms with van der Waals surface area (Å²) >= 11 is 0. The Hall–Kier alpha value is -0.120. The van der Waals surface area contributed by atoms with Gasteiger partial charge in [0.05, 0.1) is 6.61 Å². The van der Waals surface area contributed by atoms with Crippen LogP contribution in [0.15, 0.2) is 0 Å². The maximum Gasteiger partial charge on any atom is 0.0593 e. The van der Waals surface area contributed by atoms with Crippen LogP contribution in [0, 0.1) is 5.41 Å². The van der Waals surface area contributed by atoms with E-state index in [9.17, 15) is 0 Å². The van der Waals surface area contributed by atoms with E-state index in [4.69, 9.17) is 4.74 Å². The molecule has 1 aliphatic carbocycles. The molecule has 0 aromatic rings. The zero-order chi connectivity index (χ0) is 13.6. The smallest absolute Gasteiger partial charge is 0.0593 e. The van der Waals surface area contributed by atoms with Gasteiger partial charge < -0.3 is 10.1 Å². The third-order valence-corrected chi connectivity index (χ3v) is 4.34. The molecule has 2 atom stereocenters. The van der Waals surface area contributed by atoms with Gasteiger partial charge in [-0.3, -0.25) is 4.90 Å². The van der Waals surface area contributed by atoms with Crippen molar-refractivity contribution in [2.24, 2.45) is 5.41 Å². The fraction of sp³-hybridized carbons (Fsp3) is 1.00. The number of hydrogen-bond donors (Lipinski definition) is 1. The van der Waals surface area contributed by atoms with Crippen LogP contribution in [0.4, 0.5) is 0 Å². The minimum absolute atomic E-state index is 0.416. The second kappa shape index (κ2) is 7.46. The molecule has 0 heterocycles. The molecule has 0 aromatic heterocycles. The highest BCUT2D eigenvalue weighted by atomic mass is 16.5. The van der Waals surface area contributed by atoms with Crippen molar-refractivity contribution >= 4 is 0 Å². The lowest BCUT2D eigenvalue weighted by Crippen LogP contribution is -2.52. The molecule has 2 unspecified atom stereocenters. The van der Waals surface area contributed by atoms with Crippen LogP contribution in [0.1, 0.15) is 47.5 Å². The lowest BCUT2D eigenvalue weighted by atomic mass is 9.86. The first kappa shape index (κ1) is 15.9. The van der Waals surface area contributed by atoms with Crippen LogP contribution in [0.5, 0.6) is 0 Å². The summed E-state index contributed by atoms with van der Waals surface area (Å²) in [5.41, 5.74) is 0.416. The molecule has 18 heavy (non-hydrogen) atoms. The van der Waals surface area contributed by atoms with Crippen molar-refractivity contribution < 1.29 is 4.74 Å². The summed E-state index contributed by atoms with van der Waals surface area (Å²) < 4.78 is 5.51. The second-order valence-electron chi connectivity index (χ2n) is 5.96. The van der Waals surface area contributed by atoms with Gasteiger partial charge in [-0.15, -0.1) is 0 Å². The van der Waals surface area contributed by atoms with Gasteiger partial charge in [-0.1, -0.05) is 27.7 Å². The first-order valence-corrected chi connectivity index (χ1v) is 7.62. The fourth-order valence-electron chi connectivity index (χ4n) is 3.27. The largest absolute Gasteiger partial charge is 0.380 e. The Bertz CT molecular complexity index is 231. The topological polar surface area (TPSA) is 24.5 Å². The Labute approximate surface area is 113 Å². The quantitative estimate of drug-likeness (QED) is 0.675. The Morgan fingerprint density at radius 2 is 2.00 bits per heavy atom. The fourth-order valence-corrected chi connectivity index (χ4v) is 3.27. The predicted molar refractivity (Wildman–Crippen MR) is 78.0 cm³/mol. The van der Waals surface area contributed by atoms with E-state index in [0.29, 0.717) is 17.5 Å². The van der Waals surface area contributed by atoms with E-state index in [1.54, 1.807) is 0 Å². The van der Waals surface area contributed by atoms with E-state index in [-0.39, 0.29) is 0 Å².